The average molecular weight is 364 g/mol. The van der Waals surface area contributed by atoms with Crippen molar-refractivity contribution in [2.75, 3.05) is 34.4 Å². The van der Waals surface area contributed by atoms with Crippen molar-refractivity contribution < 1.29 is 13.3 Å². The highest BCUT2D eigenvalue weighted by atomic mass is 28.4. The highest BCUT2D eigenvalue weighted by Crippen LogP contribution is 2.38. The molecule has 4 nitrogen and oxygen atoms in total. The molecule has 0 aromatic heterocycles. The molecule has 0 bridgehead atoms. The molecule has 0 rings (SSSR count). The molecule has 0 unspecified atom stereocenters. The minimum atomic E-state index is -2.40. The molecule has 0 saturated heterocycles. The average Bonchev–Trinajstić information content (AvgIpc) is 2.49. The molecule has 0 saturated carbocycles. The van der Waals surface area contributed by atoms with Crippen LogP contribution in [0, 0.1) is 0 Å². The minimum absolute atomic E-state index is 0.394. The predicted octanol–water partition coefficient (Wildman–Crippen LogP) is 4.75. The Morgan fingerprint density at radius 2 is 1.30 bits per heavy atom. The van der Waals surface area contributed by atoms with Crippen molar-refractivity contribution in [1.29, 1.82) is 0 Å². The van der Waals surface area contributed by atoms with Crippen LogP contribution in [0.1, 0.15) is 53.4 Å². The largest absolute Gasteiger partial charge is 0.500 e. The fourth-order valence-electron chi connectivity index (χ4n) is 2.69. The smallest absolute Gasteiger partial charge is 0.377 e. The van der Waals surface area contributed by atoms with E-state index in [0.29, 0.717) is 5.04 Å². The van der Waals surface area contributed by atoms with E-state index in [1.54, 1.807) is 21.3 Å². The van der Waals surface area contributed by atoms with Gasteiger partial charge in [0.05, 0.1) is 0 Å². The topological polar surface area (TPSA) is 30.9 Å². The Bertz CT molecular complexity index is 307. The lowest BCUT2D eigenvalue weighted by molar-refractivity contribution is 0.122. The first kappa shape index (κ1) is 23.3. The van der Waals surface area contributed by atoms with E-state index in [0.717, 1.165) is 12.5 Å². The third-order valence-electron chi connectivity index (χ3n) is 5.50. The van der Waals surface area contributed by atoms with Crippen LogP contribution in [-0.4, -0.2) is 56.0 Å². The van der Waals surface area contributed by atoms with Crippen molar-refractivity contribution in [2.24, 2.45) is 0 Å². The first-order valence-electron chi connectivity index (χ1n) is 9.00. The fourth-order valence-corrected chi connectivity index (χ4v) is 6.87. The zero-order valence-electron chi connectivity index (χ0n) is 17.1. The zero-order valence-corrected chi connectivity index (χ0v) is 19.1. The van der Waals surface area contributed by atoms with Gasteiger partial charge in [-0.2, -0.15) is 0 Å². The Labute approximate surface area is 147 Å². The summed E-state index contributed by atoms with van der Waals surface area (Å²) in [5.74, 6) is 0. The Balaban J connectivity index is 4.64. The van der Waals surface area contributed by atoms with Crippen LogP contribution in [0.5, 0.6) is 0 Å². The third kappa shape index (κ3) is 6.96. The molecule has 23 heavy (non-hydrogen) atoms. The van der Waals surface area contributed by atoms with Gasteiger partial charge < -0.3 is 17.8 Å². The maximum absolute atomic E-state index is 5.52. The summed E-state index contributed by atoms with van der Waals surface area (Å²) in [6, 6.07) is 0.898. The van der Waals surface area contributed by atoms with E-state index in [1.165, 1.54) is 32.4 Å². The van der Waals surface area contributed by atoms with Gasteiger partial charge in [-0.1, -0.05) is 47.2 Å². The standard InChI is InChI=1S/C17H41NO3Si2/c1-10-11-14-18(22(8,9)17(2,3)4)15-12-13-16-23(19-5,20-6)21-7/h10-16H2,1-9H3. The van der Waals surface area contributed by atoms with Gasteiger partial charge in [0.25, 0.3) is 0 Å². The van der Waals surface area contributed by atoms with E-state index < -0.39 is 17.0 Å². The summed E-state index contributed by atoms with van der Waals surface area (Å²) in [4.78, 5) is 0. The van der Waals surface area contributed by atoms with Gasteiger partial charge in [0, 0.05) is 27.4 Å². The van der Waals surface area contributed by atoms with Gasteiger partial charge in [0.15, 0.2) is 0 Å². The molecule has 0 radical (unpaired) electrons. The van der Waals surface area contributed by atoms with E-state index in [1.807, 2.05) is 0 Å². The Morgan fingerprint density at radius 1 is 0.826 bits per heavy atom. The van der Waals surface area contributed by atoms with Crippen molar-refractivity contribution in [3.63, 3.8) is 0 Å². The van der Waals surface area contributed by atoms with Crippen LogP contribution in [0.3, 0.4) is 0 Å². The third-order valence-corrected chi connectivity index (χ3v) is 14.0. The van der Waals surface area contributed by atoms with Crippen molar-refractivity contribution >= 4 is 17.0 Å². The molecule has 0 N–H and O–H groups in total. The van der Waals surface area contributed by atoms with Crippen LogP contribution >= 0.6 is 0 Å². The molecule has 0 atom stereocenters. The zero-order chi connectivity index (χ0) is 18.1. The second kappa shape index (κ2) is 10.3. The van der Waals surface area contributed by atoms with Gasteiger partial charge in [-0.05, 0) is 37.4 Å². The van der Waals surface area contributed by atoms with Gasteiger partial charge in [0.2, 0.25) is 0 Å². The summed E-state index contributed by atoms with van der Waals surface area (Å²) >= 11 is 0. The van der Waals surface area contributed by atoms with E-state index in [-0.39, 0.29) is 0 Å². The van der Waals surface area contributed by atoms with Crippen LogP contribution in [0.25, 0.3) is 0 Å². The maximum Gasteiger partial charge on any atom is 0.500 e. The highest BCUT2D eigenvalue weighted by Gasteiger charge is 2.41. The maximum atomic E-state index is 5.52. The molecule has 0 aromatic carbocycles. The lowest BCUT2D eigenvalue weighted by Crippen LogP contribution is -2.55. The first-order valence-corrected chi connectivity index (χ1v) is 13.9. The molecule has 140 valence electrons. The van der Waals surface area contributed by atoms with E-state index in [2.05, 4.69) is 45.4 Å². The molecule has 6 heteroatoms. The van der Waals surface area contributed by atoms with Crippen LogP contribution in [0.15, 0.2) is 0 Å². The summed E-state index contributed by atoms with van der Waals surface area (Å²) < 4.78 is 19.4. The Hall–Kier alpha value is 0.274. The summed E-state index contributed by atoms with van der Waals surface area (Å²) in [6.45, 7) is 16.9. The number of nitrogens with zero attached hydrogens (tertiary/aromatic N) is 1. The molecule has 0 amide bonds. The van der Waals surface area contributed by atoms with E-state index in [9.17, 15) is 0 Å². The van der Waals surface area contributed by atoms with Crippen molar-refractivity contribution in [1.82, 2.24) is 4.57 Å². The fraction of sp³-hybridized carbons (Fsp3) is 1.00. The monoisotopic (exact) mass is 363 g/mol. The first-order chi connectivity index (χ1) is 10.6. The second-order valence-corrected chi connectivity index (χ2v) is 16.2. The normalized spacial score (nSPS) is 13.8. The van der Waals surface area contributed by atoms with E-state index >= 15 is 0 Å². The lowest BCUT2D eigenvalue weighted by Gasteiger charge is -2.46. The van der Waals surface area contributed by atoms with Gasteiger partial charge in [-0.3, -0.25) is 0 Å². The molecule has 0 fully saturated rings. The van der Waals surface area contributed by atoms with Crippen LogP contribution < -0.4 is 0 Å². The van der Waals surface area contributed by atoms with Crippen LogP contribution in [0.2, 0.25) is 24.2 Å². The molecule has 0 aliphatic rings. The number of rotatable bonds is 12. The molecular weight excluding hydrogens is 322 g/mol. The summed E-state index contributed by atoms with van der Waals surface area (Å²) in [5.41, 5.74) is 0. The number of hydrogen-bond acceptors (Lipinski definition) is 4. The highest BCUT2D eigenvalue weighted by molar-refractivity contribution is 6.77. The van der Waals surface area contributed by atoms with Gasteiger partial charge in [-0.15, -0.1) is 0 Å². The molecule has 0 aromatic rings. The van der Waals surface area contributed by atoms with E-state index in [4.69, 9.17) is 13.3 Å². The summed E-state index contributed by atoms with van der Waals surface area (Å²) in [6.07, 6.45) is 4.83. The van der Waals surface area contributed by atoms with Crippen LogP contribution in [0.4, 0.5) is 0 Å². The molecule has 0 aliphatic heterocycles. The number of unbranched alkanes of at least 4 members (excludes halogenated alkanes) is 2. The minimum Gasteiger partial charge on any atom is -0.377 e. The molecular formula is C17H41NO3Si2. The van der Waals surface area contributed by atoms with Crippen molar-refractivity contribution in [3.05, 3.63) is 0 Å². The van der Waals surface area contributed by atoms with Gasteiger partial charge in [-0.25, -0.2) is 0 Å². The molecule has 0 heterocycles. The van der Waals surface area contributed by atoms with Crippen molar-refractivity contribution in [2.45, 2.75) is 77.6 Å². The van der Waals surface area contributed by atoms with Gasteiger partial charge in [0.1, 0.15) is 8.24 Å². The SMILES string of the molecule is CCCCN(CCCC[Si](OC)(OC)OC)[Si](C)(C)C(C)(C)C. The van der Waals surface area contributed by atoms with Crippen molar-refractivity contribution in [3.8, 4) is 0 Å². The molecule has 0 aliphatic carbocycles. The molecule has 0 spiro atoms. The predicted molar refractivity (Wildman–Crippen MR) is 105 cm³/mol. The Kier molecular flexibility index (Phi) is 10.4. The summed E-state index contributed by atoms with van der Waals surface area (Å²) in [5, 5.41) is 0.394. The number of hydrogen-bond donors (Lipinski definition) is 0. The Morgan fingerprint density at radius 3 is 1.70 bits per heavy atom. The second-order valence-electron chi connectivity index (χ2n) is 7.90. The summed E-state index contributed by atoms with van der Waals surface area (Å²) in [7, 11) is 1.24. The van der Waals surface area contributed by atoms with Crippen LogP contribution in [-0.2, 0) is 13.3 Å². The quantitative estimate of drug-likeness (QED) is 0.370. The van der Waals surface area contributed by atoms with Gasteiger partial charge >= 0.3 is 8.80 Å². The lowest BCUT2D eigenvalue weighted by atomic mass is 10.2.